The number of nitrogens with zero attached hydrogens (tertiary/aromatic N) is 2. The van der Waals surface area contributed by atoms with Crippen LogP contribution >= 0.6 is 0 Å². The van der Waals surface area contributed by atoms with Crippen molar-refractivity contribution in [3.8, 4) is 0 Å². The minimum Gasteiger partial charge on any atom is -0.481 e. The lowest BCUT2D eigenvalue weighted by molar-refractivity contribution is -0.139. The number of likely N-dealkylation sites (tertiary alicyclic amines) is 1. The predicted octanol–water partition coefficient (Wildman–Crippen LogP) is 3.17. The van der Waals surface area contributed by atoms with E-state index in [4.69, 9.17) is 0 Å². The Morgan fingerprint density at radius 1 is 1.08 bits per heavy atom. The number of hydrogen-bond donors (Lipinski definition) is 2. The average molecular weight is 368 g/mol. The maximum Gasteiger partial charge on any atom is 0.317 e. The number of nitrogens with one attached hydrogen (secondary N) is 1. The SMILES string of the molecule is CCN(CC)CCC1CN(C(=O)NC2CCCCC2)CCC1CC(=O)O. The topological polar surface area (TPSA) is 72.9 Å². The van der Waals surface area contributed by atoms with Gasteiger partial charge in [0.1, 0.15) is 0 Å². The van der Waals surface area contributed by atoms with Crippen LogP contribution in [0.1, 0.15) is 65.2 Å². The Morgan fingerprint density at radius 2 is 1.77 bits per heavy atom. The molecule has 0 bridgehead atoms. The van der Waals surface area contributed by atoms with Gasteiger partial charge in [-0.1, -0.05) is 33.1 Å². The van der Waals surface area contributed by atoms with Crippen molar-refractivity contribution in [1.29, 1.82) is 0 Å². The Labute approximate surface area is 158 Å². The molecule has 1 aliphatic heterocycles. The maximum absolute atomic E-state index is 12.7. The minimum atomic E-state index is -0.719. The summed E-state index contributed by atoms with van der Waals surface area (Å²) in [6.45, 7) is 8.69. The van der Waals surface area contributed by atoms with Crippen LogP contribution in [-0.2, 0) is 4.79 Å². The maximum atomic E-state index is 12.7. The van der Waals surface area contributed by atoms with Crippen LogP contribution in [0.3, 0.4) is 0 Å². The minimum absolute atomic E-state index is 0.0542. The van der Waals surface area contributed by atoms with Crippen molar-refractivity contribution < 1.29 is 14.7 Å². The number of carboxylic acids is 1. The van der Waals surface area contributed by atoms with Crippen LogP contribution in [0.4, 0.5) is 4.79 Å². The van der Waals surface area contributed by atoms with Gasteiger partial charge >= 0.3 is 12.0 Å². The molecule has 2 rings (SSSR count). The largest absolute Gasteiger partial charge is 0.481 e. The zero-order valence-corrected chi connectivity index (χ0v) is 16.6. The number of rotatable bonds is 8. The highest BCUT2D eigenvalue weighted by atomic mass is 16.4. The molecule has 1 saturated heterocycles. The van der Waals surface area contributed by atoms with Gasteiger partial charge in [-0.2, -0.15) is 0 Å². The van der Waals surface area contributed by atoms with Crippen LogP contribution in [0, 0.1) is 11.8 Å². The summed E-state index contributed by atoms with van der Waals surface area (Å²) in [5, 5.41) is 12.5. The summed E-state index contributed by atoms with van der Waals surface area (Å²) < 4.78 is 0. The fourth-order valence-corrected chi connectivity index (χ4v) is 4.49. The number of hydrogen-bond acceptors (Lipinski definition) is 3. The van der Waals surface area contributed by atoms with Crippen LogP contribution in [0.2, 0.25) is 0 Å². The molecule has 0 aromatic carbocycles. The van der Waals surface area contributed by atoms with E-state index in [-0.39, 0.29) is 24.3 Å². The number of carboxylic acid groups (broad SMARTS) is 1. The number of aliphatic carboxylic acids is 1. The molecular formula is C20H37N3O3. The summed E-state index contributed by atoms with van der Waals surface area (Å²) in [5.74, 6) is -0.262. The zero-order chi connectivity index (χ0) is 18.9. The number of carbonyl (C=O) groups excluding carboxylic acids is 1. The van der Waals surface area contributed by atoms with Gasteiger partial charge < -0.3 is 20.2 Å². The first-order valence-electron chi connectivity index (χ1n) is 10.5. The van der Waals surface area contributed by atoms with Crippen LogP contribution in [0.15, 0.2) is 0 Å². The summed E-state index contributed by atoms with van der Waals surface area (Å²) in [6, 6.07) is 0.376. The molecule has 6 nitrogen and oxygen atoms in total. The molecule has 2 N–H and O–H groups in total. The highest BCUT2D eigenvalue weighted by Gasteiger charge is 2.33. The van der Waals surface area contributed by atoms with Crippen molar-refractivity contribution in [2.24, 2.45) is 11.8 Å². The molecule has 26 heavy (non-hydrogen) atoms. The second-order valence-corrected chi connectivity index (χ2v) is 7.95. The molecule has 2 fully saturated rings. The molecular weight excluding hydrogens is 330 g/mol. The molecule has 0 radical (unpaired) electrons. The Bertz CT molecular complexity index is 448. The molecule has 2 unspecified atom stereocenters. The Balaban J connectivity index is 1.91. The van der Waals surface area contributed by atoms with Gasteiger partial charge in [0, 0.05) is 25.6 Å². The van der Waals surface area contributed by atoms with E-state index >= 15 is 0 Å². The molecule has 1 aliphatic carbocycles. The molecule has 150 valence electrons. The zero-order valence-electron chi connectivity index (χ0n) is 16.6. The van der Waals surface area contributed by atoms with Crippen LogP contribution in [0.5, 0.6) is 0 Å². The molecule has 1 saturated carbocycles. The summed E-state index contributed by atoms with van der Waals surface area (Å²) in [4.78, 5) is 28.2. The van der Waals surface area contributed by atoms with Crippen molar-refractivity contribution in [2.45, 2.75) is 71.3 Å². The highest BCUT2D eigenvalue weighted by Crippen LogP contribution is 2.30. The number of piperidine rings is 1. The third kappa shape index (κ3) is 6.45. The summed E-state index contributed by atoms with van der Waals surface area (Å²) in [6.07, 6.45) is 7.86. The summed E-state index contributed by atoms with van der Waals surface area (Å²) in [7, 11) is 0. The van der Waals surface area contributed by atoms with E-state index in [9.17, 15) is 14.7 Å². The van der Waals surface area contributed by atoms with Crippen LogP contribution < -0.4 is 5.32 Å². The lowest BCUT2D eigenvalue weighted by Gasteiger charge is -2.39. The molecule has 1 heterocycles. The Kier molecular flexibility index (Phi) is 8.69. The van der Waals surface area contributed by atoms with Gasteiger partial charge in [0.05, 0.1) is 0 Å². The van der Waals surface area contributed by atoms with Gasteiger partial charge in [0.15, 0.2) is 0 Å². The fourth-order valence-electron chi connectivity index (χ4n) is 4.49. The first kappa shape index (κ1) is 21.0. The Morgan fingerprint density at radius 3 is 2.38 bits per heavy atom. The summed E-state index contributed by atoms with van der Waals surface area (Å²) >= 11 is 0. The van der Waals surface area contributed by atoms with Gasteiger partial charge in [-0.05, 0) is 57.2 Å². The van der Waals surface area contributed by atoms with Gasteiger partial charge in [-0.3, -0.25) is 4.79 Å². The fraction of sp³-hybridized carbons (Fsp3) is 0.900. The number of carbonyl (C=O) groups is 2. The van der Waals surface area contributed by atoms with E-state index in [0.717, 1.165) is 45.3 Å². The van der Waals surface area contributed by atoms with Crippen molar-refractivity contribution in [3.63, 3.8) is 0 Å². The van der Waals surface area contributed by atoms with Gasteiger partial charge in [-0.15, -0.1) is 0 Å². The highest BCUT2D eigenvalue weighted by molar-refractivity contribution is 5.74. The van der Waals surface area contributed by atoms with Crippen molar-refractivity contribution in [2.75, 3.05) is 32.7 Å². The normalized spacial score (nSPS) is 24.7. The van der Waals surface area contributed by atoms with E-state index in [2.05, 4.69) is 24.1 Å². The molecule has 2 atom stereocenters. The molecule has 0 aromatic rings. The molecule has 0 spiro atoms. The lowest BCUT2D eigenvalue weighted by Crippen LogP contribution is -2.51. The standard InChI is InChI=1S/C20H37N3O3/c1-3-22(4-2)12-10-17-15-23(13-11-16(17)14-19(24)25)20(26)21-18-8-6-5-7-9-18/h16-18H,3-15H2,1-2H3,(H,21,26)(H,24,25). The predicted molar refractivity (Wildman–Crippen MR) is 103 cm³/mol. The second-order valence-electron chi connectivity index (χ2n) is 7.95. The van der Waals surface area contributed by atoms with E-state index in [1.54, 1.807) is 0 Å². The van der Waals surface area contributed by atoms with Gasteiger partial charge in [0.2, 0.25) is 0 Å². The molecule has 6 heteroatoms. The first-order valence-corrected chi connectivity index (χ1v) is 10.5. The Hall–Kier alpha value is -1.30. The summed E-state index contributed by atoms with van der Waals surface area (Å²) in [5.41, 5.74) is 0. The number of amides is 2. The van der Waals surface area contributed by atoms with E-state index < -0.39 is 5.97 Å². The van der Waals surface area contributed by atoms with Crippen LogP contribution in [-0.4, -0.2) is 65.7 Å². The lowest BCUT2D eigenvalue weighted by atomic mass is 9.81. The molecule has 2 amide bonds. The molecule has 0 aromatic heterocycles. The second kappa shape index (κ2) is 10.8. The third-order valence-corrected chi connectivity index (χ3v) is 6.26. The van der Waals surface area contributed by atoms with Crippen LogP contribution in [0.25, 0.3) is 0 Å². The monoisotopic (exact) mass is 367 g/mol. The molecule has 2 aliphatic rings. The third-order valence-electron chi connectivity index (χ3n) is 6.26. The number of urea groups is 1. The van der Waals surface area contributed by atoms with Crippen molar-refractivity contribution in [3.05, 3.63) is 0 Å². The average Bonchev–Trinajstić information content (AvgIpc) is 2.64. The van der Waals surface area contributed by atoms with Crippen molar-refractivity contribution >= 4 is 12.0 Å². The smallest absolute Gasteiger partial charge is 0.317 e. The van der Waals surface area contributed by atoms with E-state index in [1.807, 2.05) is 4.90 Å². The van der Waals surface area contributed by atoms with Crippen molar-refractivity contribution in [1.82, 2.24) is 15.1 Å². The quantitative estimate of drug-likeness (QED) is 0.691. The van der Waals surface area contributed by atoms with Gasteiger partial charge in [0.25, 0.3) is 0 Å². The van der Waals surface area contributed by atoms with Gasteiger partial charge in [-0.25, -0.2) is 4.79 Å². The van der Waals surface area contributed by atoms with E-state index in [1.165, 1.54) is 19.3 Å². The van der Waals surface area contributed by atoms with E-state index in [0.29, 0.717) is 19.1 Å². The first-order chi connectivity index (χ1) is 12.5.